The fourth-order valence-electron chi connectivity index (χ4n) is 2.97. The van der Waals surface area contributed by atoms with Gasteiger partial charge in [-0.25, -0.2) is 0 Å². The molecule has 1 aromatic carbocycles. The lowest BCUT2D eigenvalue weighted by atomic mass is 9.90. The van der Waals surface area contributed by atoms with E-state index in [-0.39, 0.29) is 36.8 Å². The Morgan fingerprint density at radius 2 is 1.73 bits per heavy atom. The number of amides is 1. The van der Waals surface area contributed by atoms with Gasteiger partial charge >= 0.3 is 5.97 Å². The molecule has 1 amide bonds. The van der Waals surface area contributed by atoms with Crippen molar-refractivity contribution in [1.82, 2.24) is 5.32 Å². The van der Waals surface area contributed by atoms with Crippen LogP contribution in [0, 0.1) is 0 Å². The van der Waals surface area contributed by atoms with E-state index < -0.39 is 5.97 Å². The zero-order valence-corrected chi connectivity index (χ0v) is 12.6. The number of hydrogen-bond acceptors (Lipinski definition) is 3. The zero-order chi connectivity index (χ0) is 15.9. The van der Waals surface area contributed by atoms with Gasteiger partial charge in [-0.05, 0) is 31.2 Å². The fourth-order valence-corrected chi connectivity index (χ4v) is 2.97. The Morgan fingerprint density at radius 3 is 2.32 bits per heavy atom. The third kappa shape index (κ3) is 5.15. The summed E-state index contributed by atoms with van der Waals surface area (Å²) in [5.41, 5.74) is 0.874. The van der Waals surface area contributed by atoms with E-state index in [9.17, 15) is 14.7 Å². The van der Waals surface area contributed by atoms with Crippen molar-refractivity contribution in [2.24, 2.45) is 0 Å². The molecule has 1 fully saturated rings. The minimum Gasteiger partial charge on any atom is -0.481 e. The average Bonchev–Trinajstić information content (AvgIpc) is 2.49. The van der Waals surface area contributed by atoms with Gasteiger partial charge in [0.1, 0.15) is 0 Å². The molecule has 1 aliphatic rings. The van der Waals surface area contributed by atoms with E-state index in [1.807, 2.05) is 30.3 Å². The molecule has 5 heteroatoms. The Bertz CT molecular complexity index is 495. The van der Waals surface area contributed by atoms with Crippen molar-refractivity contribution >= 4 is 11.9 Å². The molecular formula is C17H23NO4. The molecule has 1 saturated carbocycles. The first-order chi connectivity index (χ1) is 10.5. The van der Waals surface area contributed by atoms with Crippen molar-refractivity contribution in [3.8, 4) is 0 Å². The van der Waals surface area contributed by atoms with Gasteiger partial charge in [0.05, 0.1) is 12.5 Å². The average molecular weight is 305 g/mol. The van der Waals surface area contributed by atoms with Gasteiger partial charge in [-0.1, -0.05) is 30.3 Å². The molecule has 2 rings (SSSR count). The maximum Gasteiger partial charge on any atom is 0.303 e. The highest BCUT2D eigenvalue weighted by molar-refractivity contribution is 5.78. The van der Waals surface area contributed by atoms with Crippen LogP contribution in [0.15, 0.2) is 30.3 Å². The molecule has 1 aliphatic carbocycles. The second-order valence-corrected chi connectivity index (χ2v) is 5.98. The van der Waals surface area contributed by atoms with E-state index in [4.69, 9.17) is 5.11 Å². The third-order valence-electron chi connectivity index (χ3n) is 4.19. The van der Waals surface area contributed by atoms with Crippen LogP contribution >= 0.6 is 0 Å². The summed E-state index contributed by atoms with van der Waals surface area (Å²) in [5.74, 6) is -1.33. The normalized spacial score (nSPS) is 22.8. The van der Waals surface area contributed by atoms with Crippen LogP contribution in [-0.2, 0) is 9.59 Å². The molecule has 22 heavy (non-hydrogen) atoms. The molecular weight excluding hydrogens is 282 g/mol. The van der Waals surface area contributed by atoms with Gasteiger partial charge in [0.2, 0.25) is 5.91 Å². The molecule has 0 aliphatic heterocycles. The Kier molecular flexibility index (Phi) is 5.95. The molecule has 1 atom stereocenters. The highest BCUT2D eigenvalue weighted by Crippen LogP contribution is 2.24. The lowest BCUT2D eigenvalue weighted by Gasteiger charge is -2.27. The summed E-state index contributed by atoms with van der Waals surface area (Å²) in [7, 11) is 0. The minimum atomic E-state index is -0.901. The zero-order valence-electron chi connectivity index (χ0n) is 12.6. The van der Waals surface area contributed by atoms with Crippen molar-refractivity contribution in [3.05, 3.63) is 35.9 Å². The van der Waals surface area contributed by atoms with Crippen molar-refractivity contribution in [1.29, 1.82) is 0 Å². The fraction of sp³-hybridized carbons (Fsp3) is 0.529. The Balaban J connectivity index is 1.92. The second-order valence-electron chi connectivity index (χ2n) is 5.98. The van der Waals surface area contributed by atoms with Crippen LogP contribution in [0.4, 0.5) is 0 Å². The molecule has 0 saturated heterocycles. The van der Waals surface area contributed by atoms with Crippen LogP contribution in [0.25, 0.3) is 0 Å². The molecule has 120 valence electrons. The van der Waals surface area contributed by atoms with Gasteiger partial charge in [-0.2, -0.15) is 0 Å². The molecule has 5 nitrogen and oxygen atoms in total. The molecule has 3 N–H and O–H groups in total. The van der Waals surface area contributed by atoms with Crippen LogP contribution in [0.2, 0.25) is 0 Å². The molecule has 0 radical (unpaired) electrons. The summed E-state index contributed by atoms with van der Waals surface area (Å²) >= 11 is 0. The van der Waals surface area contributed by atoms with Gasteiger partial charge < -0.3 is 15.5 Å². The van der Waals surface area contributed by atoms with Gasteiger partial charge in [0.15, 0.2) is 0 Å². The van der Waals surface area contributed by atoms with Gasteiger partial charge in [-0.15, -0.1) is 0 Å². The summed E-state index contributed by atoms with van der Waals surface area (Å²) in [5, 5.41) is 21.5. The van der Waals surface area contributed by atoms with Gasteiger partial charge in [-0.3, -0.25) is 9.59 Å². The molecule has 1 aromatic rings. The van der Waals surface area contributed by atoms with Crippen molar-refractivity contribution < 1.29 is 19.8 Å². The van der Waals surface area contributed by atoms with E-state index in [2.05, 4.69) is 5.32 Å². The Morgan fingerprint density at radius 1 is 1.09 bits per heavy atom. The lowest BCUT2D eigenvalue weighted by Crippen LogP contribution is -2.39. The summed E-state index contributed by atoms with van der Waals surface area (Å²) in [4.78, 5) is 23.2. The predicted molar refractivity (Wildman–Crippen MR) is 82.5 cm³/mol. The number of aliphatic hydroxyl groups excluding tert-OH is 1. The summed E-state index contributed by atoms with van der Waals surface area (Å²) in [6.07, 6.45) is 2.85. The predicted octanol–water partition coefficient (Wildman–Crippen LogP) is 2.05. The standard InChI is InChI=1S/C17H23NO4/c19-15-8-6-14(7-9-15)18-16(20)10-13(11-17(21)22)12-4-2-1-3-5-12/h1-5,13-15,19H,6-11H2,(H,18,20)(H,21,22)/t13-,14?,15?/m0/s1. The lowest BCUT2D eigenvalue weighted by molar-refractivity contribution is -0.137. The minimum absolute atomic E-state index is 0.0547. The number of rotatable bonds is 6. The van der Waals surface area contributed by atoms with Crippen LogP contribution < -0.4 is 5.32 Å². The Labute approximate surface area is 130 Å². The maximum atomic E-state index is 12.2. The SMILES string of the molecule is O=C(O)C[C@H](CC(=O)NC1CCC(O)CC1)c1ccccc1. The molecule has 0 unspecified atom stereocenters. The van der Waals surface area contributed by atoms with E-state index in [1.165, 1.54) is 0 Å². The highest BCUT2D eigenvalue weighted by Gasteiger charge is 2.23. The third-order valence-corrected chi connectivity index (χ3v) is 4.19. The topological polar surface area (TPSA) is 86.6 Å². The molecule has 0 spiro atoms. The van der Waals surface area contributed by atoms with E-state index in [0.29, 0.717) is 12.8 Å². The summed E-state index contributed by atoms with van der Waals surface area (Å²) < 4.78 is 0. The van der Waals surface area contributed by atoms with Crippen LogP contribution in [-0.4, -0.2) is 34.2 Å². The van der Waals surface area contributed by atoms with Gasteiger partial charge in [0, 0.05) is 18.4 Å². The molecule has 0 heterocycles. The first-order valence-corrected chi connectivity index (χ1v) is 7.78. The number of aliphatic hydroxyl groups is 1. The van der Waals surface area contributed by atoms with Crippen LogP contribution in [0.1, 0.15) is 50.0 Å². The molecule has 0 aromatic heterocycles. The summed E-state index contributed by atoms with van der Waals surface area (Å²) in [6, 6.07) is 9.39. The first kappa shape index (κ1) is 16.5. The number of carbonyl (C=O) groups excluding carboxylic acids is 1. The van der Waals surface area contributed by atoms with E-state index >= 15 is 0 Å². The molecule has 0 bridgehead atoms. The number of carboxylic acids is 1. The van der Waals surface area contributed by atoms with Crippen molar-refractivity contribution in [3.63, 3.8) is 0 Å². The Hall–Kier alpha value is -1.88. The van der Waals surface area contributed by atoms with E-state index in [1.54, 1.807) is 0 Å². The quantitative estimate of drug-likeness (QED) is 0.751. The number of benzene rings is 1. The first-order valence-electron chi connectivity index (χ1n) is 7.78. The van der Waals surface area contributed by atoms with Crippen LogP contribution in [0.3, 0.4) is 0 Å². The number of hydrogen-bond donors (Lipinski definition) is 3. The van der Waals surface area contributed by atoms with Gasteiger partial charge in [0.25, 0.3) is 0 Å². The number of aliphatic carboxylic acids is 1. The maximum absolute atomic E-state index is 12.2. The summed E-state index contributed by atoms with van der Waals surface area (Å²) in [6.45, 7) is 0. The largest absolute Gasteiger partial charge is 0.481 e. The number of nitrogens with one attached hydrogen (secondary N) is 1. The van der Waals surface area contributed by atoms with Crippen LogP contribution in [0.5, 0.6) is 0 Å². The van der Waals surface area contributed by atoms with Crippen molar-refractivity contribution in [2.75, 3.05) is 0 Å². The number of carbonyl (C=O) groups is 2. The smallest absolute Gasteiger partial charge is 0.303 e. The second kappa shape index (κ2) is 7.94. The van der Waals surface area contributed by atoms with Crippen molar-refractivity contribution in [2.45, 2.75) is 56.6 Å². The highest BCUT2D eigenvalue weighted by atomic mass is 16.4. The number of carboxylic acid groups (broad SMARTS) is 1. The van der Waals surface area contributed by atoms with E-state index in [0.717, 1.165) is 18.4 Å². The monoisotopic (exact) mass is 305 g/mol.